The second-order valence-corrected chi connectivity index (χ2v) is 8.90. The maximum Gasteiger partial charge on any atom is 0.262 e. The third kappa shape index (κ3) is 4.12. The Balaban J connectivity index is 1.25. The molecule has 2 atom stereocenters. The topological polar surface area (TPSA) is 109 Å². The first-order chi connectivity index (χ1) is 18.0. The summed E-state index contributed by atoms with van der Waals surface area (Å²) in [6.07, 6.45) is 0.619. The molecule has 9 nitrogen and oxygen atoms in total. The number of hydrogen-bond donors (Lipinski definition) is 2. The van der Waals surface area contributed by atoms with E-state index in [9.17, 15) is 18.8 Å². The number of carbonyl (C=O) groups excluding carboxylic acids is 3. The third-order valence-electron chi connectivity index (χ3n) is 6.58. The molecule has 0 saturated heterocycles. The Morgan fingerprint density at radius 3 is 2.24 bits per heavy atom. The molecular weight excluding hydrogens is 475 g/mol. The molecule has 6 rings (SSSR count). The second kappa shape index (κ2) is 8.98. The van der Waals surface area contributed by atoms with Gasteiger partial charge in [0.05, 0.1) is 23.2 Å². The Kier molecular flexibility index (Phi) is 5.48. The first kappa shape index (κ1) is 22.6. The van der Waals surface area contributed by atoms with Crippen molar-refractivity contribution in [3.05, 3.63) is 107 Å². The Morgan fingerprint density at radius 1 is 0.919 bits per heavy atom. The minimum Gasteiger partial charge on any atom is -0.347 e. The highest BCUT2D eigenvalue weighted by Crippen LogP contribution is 2.38. The van der Waals surface area contributed by atoms with Crippen LogP contribution in [0, 0.1) is 5.82 Å². The molecular formula is C27H21FN6O3. The van der Waals surface area contributed by atoms with Crippen molar-refractivity contribution in [3.8, 4) is 0 Å². The first-order valence-electron chi connectivity index (χ1n) is 11.8. The van der Waals surface area contributed by atoms with Crippen molar-refractivity contribution in [2.75, 3.05) is 17.2 Å². The van der Waals surface area contributed by atoms with Gasteiger partial charge in [-0.15, -0.1) is 5.10 Å². The number of imide groups is 1. The lowest BCUT2D eigenvalue weighted by Crippen LogP contribution is -2.37. The van der Waals surface area contributed by atoms with Crippen molar-refractivity contribution in [1.82, 2.24) is 19.7 Å². The number of halogens is 1. The minimum absolute atomic E-state index is 0.0323. The SMILES string of the molecule is O=C(CN1C(=O)c2ccccc2C1=O)Nc1nc2n(n1)C(c1ccc(F)cc1)CC(c1ccccc1)N2. The largest absolute Gasteiger partial charge is 0.347 e. The van der Waals surface area contributed by atoms with Crippen molar-refractivity contribution < 1.29 is 18.8 Å². The summed E-state index contributed by atoms with van der Waals surface area (Å²) in [5.74, 6) is -1.50. The highest BCUT2D eigenvalue weighted by Gasteiger charge is 2.37. The smallest absolute Gasteiger partial charge is 0.262 e. The maximum atomic E-state index is 13.6. The molecule has 3 heterocycles. The van der Waals surface area contributed by atoms with Crippen LogP contribution in [-0.2, 0) is 4.79 Å². The van der Waals surface area contributed by atoms with Gasteiger partial charge in [-0.25, -0.2) is 9.07 Å². The minimum atomic E-state index is -0.601. The second-order valence-electron chi connectivity index (χ2n) is 8.90. The summed E-state index contributed by atoms with van der Waals surface area (Å²) < 4.78 is 15.3. The fourth-order valence-electron chi connectivity index (χ4n) is 4.79. The van der Waals surface area contributed by atoms with Gasteiger partial charge in [-0.3, -0.25) is 24.6 Å². The zero-order chi connectivity index (χ0) is 25.5. The standard InChI is InChI=1S/C27H21FN6O3/c28-18-12-10-17(11-13-18)22-14-21(16-6-2-1-3-7-16)29-27-31-26(32-34(22)27)30-23(35)15-33-24(36)19-8-4-5-9-20(19)25(33)37/h1-13,21-22H,14-15H2,(H2,29,30,31,32,35). The van der Waals surface area contributed by atoms with Gasteiger partial charge in [0.2, 0.25) is 11.9 Å². The molecule has 0 aliphatic carbocycles. The van der Waals surface area contributed by atoms with E-state index in [1.165, 1.54) is 12.1 Å². The molecule has 2 unspecified atom stereocenters. The van der Waals surface area contributed by atoms with E-state index in [1.807, 2.05) is 30.3 Å². The highest BCUT2D eigenvalue weighted by atomic mass is 19.1. The monoisotopic (exact) mass is 496 g/mol. The van der Waals surface area contributed by atoms with Crippen LogP contribution in [0.5, 0.6) is 0 Å². The maximum absolute atomic E-state index is 13.6. The number of nitrogens with zero attached hydrogens (tertiary/aromatic N) is 4. The molecule has 10 heteroatoms. The molecule has 0 fully saturated rings. The molecule has 2 N–H and O–H groups in total. The summed E-state index contributed by atoms with van der Waals surface area (Å²) in [5.41, 5.74) is 2.45. The van der Waals surface area contributed by atoms with E-state index in [2.05, 4.69) is 20.7 Å². The van der Waals surface area contributed by atoms with E-state index in [4.69, 9.17) is 0 Å². The Bertz CT molecular complexity index is 1480. The van der Waals surface area contributed by atoms with Crippen molar-refractivity contribution >= 4 is 29.6 Å². The molecule has 2 aliphatic heterocycles. The van der Waals surface area contributed by atoms with Gasteiger partial charge < -0.3 is 5.32 Å². The van der Waals surface area contributed by atoms with E-state index in [-0.39, 0.29) is 35.0 Å². The normalized spacial score (nSPS) is 18.2. The van der Waals surface area contributed by atoms with E-state index < -0.39 is 24.3 Å². The molecule has 2 aliphatic rings. The van der Waals surface area contributed by atoms with Crippen LogP contribution in [0.15, 0.2) is 78.9 Å². The third-order valence-corrected chi connectivity index (χ3v) is 6.58. The Labute approximate surface area is 210 Å². The predicted molar refractivity (Wildman–Crippen MR) is 132 cm³/mol. The fourth-order valence-corrected chi connectivity index (χ4v) is 4.79. The van der Waals surface area contributed by atoms with Crippen LogP contribution >= 0.6 is 0 Å². The molecule has 4 aromatic rings. The number of benzene rings is 3. The zero-order valence-corrected chi connectivity index (χ0v) is 19.5. The molecule has 3 aromatic carbocycles. The Morgan fingerprint density at radius 2 is 1.57 bits per heavy atom. The highest BCUT2D eigenvalue weighted by molar-refractivity contribution is 6.22. The molecule has 0 bridgehead atoms. The lowest BCUT2D eigenvalue weighted by molar-refractivity contribution is -0.116. The van der Waals surface area contributed by atoms with Gasteiger partial charge in [0.15, 0.2) is 0 Å². The van der Waals surface area contributed by atoms with Gasteiger partial charge in [0.25, 0.3) is 17.8 Å². The number of amides is 3. The average Bonchev–Trinajstić information content (AvgIpc) is 3.43. The molecule has 0 saturated carbocycles. The molecule has 1 aromatic heterocycles. The van der Waals surface area contributed by atoms with Crippen LogP contribution in [0.3, 0.4) is 0 Å². The van der Waals surface area contributed by atoms with Crippen LogP contribution in [0.4, 0.5) is 16.3 Å². The van der Waals surface area contributed by atoms with Gasteiger partial charge in [0, 0.05) is 0 Å². The number of fused-ring (bicyclic) bond motifs is 2. The van der Waals surface area contributed by atoms with E-state index >= 15 is 0 Å². The number of rotatable bonds is 5. The fraction of sp³-hybridized carbons (Fsp3) is 0.148. The number of nitrogens with one attached hydrogen (secondary N) is 2. The van der Waals surface area contributed by atoms with Crippen molar-refractivity contribution in [1.29, 1.82) is 0 Å². The summed E-state index contributed by atoms with van der Waals surface area (Å²) in [7, 11) is 0. The number of hydrogen-bond acceptors (Lipinski definition) is 6. The summed E-state index contributed by atoms with van der Waals surface area (Å²) >= 11 is 0. The van der Waals surface area contributed by atoms with Crippen molar-refractivity contribution in [3.63, 3.8) is 0 Å². The summed E-state index contributed by atoms with van der Waals surface area (Å²) in [6, 6.07) is 22.2. The first-order valence-corrected chi connectivity index (χ1v) is 11.8. The van der Waals surface area contributed by atoms with Crippen LogP contribution in [0.25, 0.3) is 0 Å². The summed E-state index contributed by atoms with van der Waals surface area (Å²) in [4.78, 5) is 43.4. The van der Waals surface area contributed by atoms with Crippen molar-refractivity contribution in [2.45, 2.75) is 18.5 Å². The molecule has 37 heavy (non-hydrogen) atoms. The number of carbonyl (C=O) groups is 3. The van der Waals surface area contributed by atoms with Gasteiger partial charge in [-0.1, -0.05) is 54.6 Å². The summed E-state index contributed by atoms with van der Waals surface area (Å²) in [6.45, 7) is -0.461. The van der Waals surface area contributed by atoms with Crippen LogP contribution in [0.1, 0.15) is 50.3 Å². The quantitative estimate of drug-likeness (QED) is 0.407. The zero-order valence-electron chi connectivity index (χ0n) is 19.5. The lowest BCUT2D eigenvalue weighted by Gasteiger charge is -2.31. The average molecular weight is 497 g/mol. The number of aromatic nitrogens is 3. The molecule has 3 amide bonds. The van der Waals surface area contributed by atoms with E-state index in [0.29, 0.717) is 12.4 Å². The Hall–Kier alpha value is -4.86. The van der Waals surface area contributed by atoms with E-state index in [1.54, 1.807) is 41.1 Å². The van der Waals surface area contributed by atoms with Gasteiger partial charge in [-0.05, 0) is 41.8 Å². The van der Waals surface area contributed by atoms with E-state index in [0.717, 1.165) is 16.0 Å². The van der Waals surface area contributed by atoms with Gasteiger partial charge in [-0.2, -0.15) is 4.98 Å². The van der Waals surface area contributed by atoms with Crippen LogP contribution in [0.2, 0.25) is 0 Å². The number of anilines is 2. The predicted octanol–water partition coefficient (Wildman–Crippen LogP) is 3.80. The molecule has 0 radical (unpaired) electrons. The van der Waals surface area contributed by atoms with Gasteiger partial charge in [0.1, 0.15) is 12.4 Å². The van der Waals surface area contributed by atoms with Crippen molar-refractivity contribution in [2.24, 2.45) is 0 Å². The lowest BCUT2D eigenvalue weighted by atomic mass is 9.93. The summed E-state index contributed by atoms with van der Waals surface area (Å²) in [5, 5.41) is 10.4. The van der Waals surface area contributed by atoms with Crippen LogP contribution < -0.4 is 10.6 Å². The molecule has 184 valence electrons. The van der Waals surface area contributed by atoms with Crippen LogP contribution in [-0.4, -0.2) is 43.9 Å². The molecule has 0 spiro atoms. The van der Waals surface area contributed by atoms with Gasteiger partial charge >= 0.3 is 0 Å².